The Morgan fingerprint density at radius 1 is 1.17 bits per heavy atom. The predicted octanol–water partition coefficient (Wildman–Crippen LogP) is 2.47. The van der Waals surface area contributed by atoms with Gasteiger partial charge in [0.25, 0.3) is 0 Å². The molecule has 24 heavy (non-hydrogen) atoms. The van der Waals surface area contributed by atoms with Crippen LogP contribution in [0.1, 0.15) is 5.56 Å². The van der Waals surface area contributed by atoms with Gasteiger partial charge in [-0.2, -0.15) is 0 Å². The van der Waals surface area contributed by atoms with Gasteiger partial charge in [-0.15, -0.1) is 0 Å². The van der Waals surface area contributed by atoms with Gasteiger partial charge < -0.3 is 19.1 Å². The lowest BCUT2D eigenvalue weighted by Gasteiger charge is -2.29. The Kier molecular flexibility index (Phi) is 3.90. The molecule has 0 radical (unpaired) electrons. The van der Waals surface area contributed by atoms with Crippen LogP contribution in [0.3, 0.4) is 0 Å². The van der Waals surface area contributed by atoms with Crippen LogP contribution in [-0.2, 0) is 11.2 Å². The van der Waals surface area contributed by atoms with E-state index >= 15 is 0 Å². The summed E-state index contributed by atoms with van der Waals surface area (Å²) in [5, 5.41) is 0.457. The Morgan fingerprint density at radius 2 is 2.00 bits per heavy atom. The van der Waals surface area contributed by atoms with Crippen LogP contribution >= 0.6 is 11.6 Å². The topological polar surface area (TPSA) is 60.9 Å². The zero-order valence-corrected chi connectivity index (χ0v) is 13.6. The molecule has 0 N–H and O–H groups in total. The molecule has 6 nitrogen and oxygen atoms in total. The number of benzene rings is 1. The molecule has 0 unspecified atom stereocenters. The average molecular weight is 347 g/mol. The Hall–Kier alpha value is -2.47. The quantitative estimate of drug-likeness (QED) is 0.836. The van der Waals surface area contributed by atoms with E-state index in [0.717, 1.165) is 5.56 Å². The van der Waals surface area contributed by atoms with Crippen molar-refractivity contribution >= 4 is 23.2 Å². The number of anilines is 1. The van der Waals surface area contributed by atoms with Gasteiger partial charge in [0, 0.05) is 12.3 Å². The first-order chi connectivity index (χ1) is 11.7. The molecule has 2 aliphatic heterocycles. The van der Waals surface area contributed by atoms with Gasteiger partial charge in [-0.1, -0.05) is 11.6 Å². The first kappa shape index (κ1) is 15.1. The van der Waals surface area contributed by atoms with Crippen molar-refractivity contribution in [2.45, 2.75) is 6.42 Å². The molecule has 0 bridgehead atoms. The molecule has 1 aromatic heterocycles. The van der Waals surface area contributed by atoms with E-state index in [1.54, 1.807) is 29.4 Å². The largest absolute Gasteiger partial charge is 0.489 e. The molecule has 2 aromatic rings. The fraction of sp³-hybridized carbons (Fsp3) is 0.294. The third kappa shape index (κ3) is 2.73. The van der Waals surface area contributed by atoms with Crippen LogP contribution in [0.25, 0.3) is 0 Å². The Balaban J connectivity index is 1.58. The number of rotatable bonds is 2. The van der Waals surface area contributed by atoms with Gasteiger partial charge in [0.2, 0.25) is 5.91 Å². The lowest BCUT2D eigenvalue weighted by atomic mass is 10.1. The second-order valence-corrected chi connectivity index (χ2v) is 5.92. The predicted molar refractivity (Wildman–Crippen MR) is 88.2 cm³/mol. The van der Waals surface area contributed by atoms with Gasteiger partial charge in [-0.25, -0.2) is 0 Å². The van der Waals surface area contributed by atoms with Crippen LogP contribution in [0.5, 0.6) is 17.2 Å². The first-order valence-electron chi connectivity index (χ1n) is 7.67. The molecule has 2 aliphatic rings. The molecule has 0 fully saturated rings. The first-order valence-corrected chi connectivity index (χ1v) is 8.05. The highest BCUT2D eigenvalue weighted by Crippen LogP contribution is 2.38. The molecule has 0 saturated heterocycles. The van der Waals surface area contributed by atoms with Crippen LogP contribution < -0.4 is 19.1 Å². The number of carbonyl (C=O) groups excluding carboxylic acids is 1. The van der Waals surface area contributed by atoms with Crippen LogP contribution in [0.15, 0.2) is 30.6 Å². The van der Waals surface area contributed by atoms with E-state index in [-0.39, 0.29) is 12.3 Å². The minimum absolute atomic E-state index is 0.0414. The smallest absolute Gasteiger partial charge is 0.231 e. The van der Waals surface area contributed by atoms with E-state index in [1.165, 1.54) is 0 Å². The summed E-state index contributed by atoms with van der Waals surface area (Å²) in [6, 6.07) is 5.32. The molecule has 1 aromatic carbocycles. The van der Waals surface area contributed by atoms with Gasteiger partial charge in [0.1, 0.15) is 31.3 Å². The molecule has 0 atom stereocenters. The number of ether oxygens (including phenoxy) is 3. The Bertz CT molecular complexity index is 796. The van der Waals surface area contributed by atoms with Gasteiger partial charge in [-0.05, 0) is 17.7 Å². The van der Waals surface area contributed by atoms with Gasteiger partial charge in [0.15, 0.2) is 11.5 Å². The van der Waals surface area contributed by atoms with Crippen molar-refractivity contribution in [3.63, 3.8) is 0 Å². The number of amides is 1. The number of carbonyl (C=O) groups is 1. The fourth-order valence-electron chi connectivity index (χ4n) is 2.86. The van der Waals surface area contributed by atoms with E-state index in [2.05, 4.69) is 4.98 Å². The Morgan fingerprint density at radius 3 is 2.92 bits per heavy atom. The van der Waals surface area contributed by atoms with E-state index in [9.17, 15) is 4.79 Å². The number of halogens is 1. The van der Waals surface area contributed by atoms with Crippen LogP contribution in [0.4, 0.5) is 5.69 Å². The third-order valence-electron chi connectivity index (χ3n) is 3.94. The highest BCUT2D eigenvalue weighted by Gasteiger charge is 2.25. The van der Waals surface area contributed by atoms with Crippen LogP contribution in [0, 0.1) is 0 Å². The number of nitrogens with zero attached hydrogens (tertiary/aromatic N) is 2. The molecule has 0 aliphatic carbocycles. The number of pyridine rings is 1. The molecule has 4 rings (SSSR count). The molecule has 3 heterocycles. The molecular formula is C17H15ClN2O4. The van der Waals surface area contributed by atoms with E-state index in [0.29, 0.717) is 54.3 Å². The molecule has 7 heteroatoms. The van der Waals surface area contributed by atoms with E-state index in [1.807, 2.05) is 6.07 Å². The summed E-state index contributed by atoms with van der Waals surface area (Å²) < 4.78 is 16.6. The summed E-state index contributed by atoms with van der Waals surface area (Å²) >= 11 is 6.24. The zero-order chi connectivity index (χ0) is 16.5. The second kappa shape index (κ2) is 6.20. The molecular weight excluding hydrogens is 332 g/mol. The second-order valence-electron chi connectivity index (χ2n) is 5.52. The number of hydrogen-bond donors (Lipinski definition) is 0. The van der Waals surface area contributed by atoms with E-state index in [4.69, 9.17) is 25.8 Å². The van der Waals surface area contributed by atoms with Crippen molar-refractivity contribution in [1.29, 1.82) is 0 Å². The average Bonchev–Trinajstić information content (AvgIpc) is 2.61. The normalized spacial score (nSPS) is 15.5. The van der Waals surface area contributed by atoms with Crippen molar-refractivity contribution in [2.24, 2.45) is 0 Å². The number of aromatic nitrogens is 1. The minimum atomic E-state index is -0.0414. The van der Waals surface area contributed by atoms with Crippen LogP contribution in [-0.4, -0.2) is 37.3 Å². The third-order valence-corrected chi connectivity index (χ3v) is 4.22. The monoisotopic (exact) mass is 346 g/mol. The van der Waals surface area contributed by atoms with Crippen molar-refractivity contribution in [3.05, 3.63) is 41.2 Å². The maximum absolute atomic E-state index is 12.7. The number of hydrogen-bond acceptors (Lipinski definition) is 5. The fourth-order valence-corrected chi connectivity index (χ4v) is 3.15. The summed E-state index contributed by atoms with van der Waals surface area (Å²) in [4.78, 5) is 18.5. The minimum Gasteiger partial charge on any atom is -0.489 e. The van der Waals surface area contributed by atoms with Crippen LogP contribution in [0.2, 0.25) is 5.02 Å². The summed E-state index contributed by atoms with van der Waals surface area (Å²) in [6.07, 6.45) is 3.50. The maximum Gasteiger partial charge on any atom is 0.231 e. The number of fused-ring (bicyclic) bond motifs is 2. The van der Waals surface area contributed by atoms with Crippen molar-refractivity contribution in [1.82, 2.24) is 4.98 Å². The van der Waals surface area contributed by atoms with Gasteiger partial charge in [0.05, 0.1) is 24.2 Å². The van der Waals surface area contributed by atoms with E-state index < -0.39 is 0 Å². The standard InChI is InChI=1S/C17H15ClN2O4/c18-12-7-11(8-15-17(12)24-6-5-23-15)9-16(21)20-3-4-22-14-1-2-19-10-13(14)20/h1-2,7-8,10H,3-6,9H2. The highest BCUT2D eigenvalue weighted by molar-refractivity contribution is 6.32. The lowest BCUT2D eigenvalue weighted by molar-refractivity contribution is -0.118. The lowest BCUT2D eigenvalue weighted by Crippen LogP contribution is -2.39. The Labute approximate surface area is 143 Å². The summed E-state index contributed by atoms with van der Waals surface area (Å²) in [7, 11) is 0. The van der Waals surface area contributed by atoms with Gasteiger partial charge >= 0.3 is 0 Å². The van der Waals surface area contributed by atoms with Crippen molar-refractivity contribution in [2.75, 3.05) is 31.3 Å². The maximum atomic E-state index is 12.7. The molecule has 1 amide bonds. The summed E-state index contributed by atoms with van der Waals surface area (Å²) in [5.74, 6) is 1.76. The molecule has 124 valence electrons. The SMILES string of the molecule is O=C(Cc1cc(Cl)c2c(c1)OCCO2)N1CCOc2ccncc21. The zero-order valence-electron chi connectivity index (χ0n) is 12.8. The van der Waals surface area contributed by atoms with Crippen molar-refractivity contribution < 1.29 is 19.0 Å². The van der Waals surface area contributed by atoms with Crippen molar-refractivity contribution in [3.8, 4) is 17.2 Å². The summed E-state index contributed by atoms with van der Waals surface area (Å²) in [6.45, 7) is 1.91. The molecule has 0 saturated carbocycles. The molecule has 0 spiro atoms. The summed E-state index contributed by atoms with van der Waals surface area (Å²) in [5.41, 5.74) is 1.48. The highest BCUT2D eigenvalue weighted by atomic mass is 35.5. The van der Waals surface area contributed by atoms with Gasteiger partial charge in [-0.3, -0.25) is 9.78 Å².